The third kappa shape index (κ3) is 4.05. The number of aliphatic hydroxyl groups excluding tert-OH is 1. The molecule has 1 heterocycles. The maximum atomic E-state index is 8.79. The van der Waals surface area contributed by atoms with E-state index in [1.54, 1.807) is 0 Å². The van der Waals surface area contributed by atoms with Crippen LogP contribution in [0.15, 0.2) is 0 Å². The van der Waals surface area contributed by atoms with Crippen LogP contribution in [-0.4, -0.2) is 35.2 Å². The molecule has 0 aliphatic rings. The van der Waals surface area contributed by atoms with Crippen LogP contribution in [0.1, 0.15) is 48.3 Å². The van der Waals surface area contributed by atoms with E-state index in [0.29, 0.717) is 12.6 Å². The van der Waals surface area contributed by atoms with Crippen LogP contribution in [0.5, 0.6) is 0 Å². The Balaban J connectivity index is 2.60. The fourth-order valence-electron chi connectivity index (χ4n) is 1.87. The van der Waals surface area contributed by atoms with E-state index in [4.69, 9.17) is 5.11 Å². The van der Waals surface area contributed by atoms with Crippen molar-refractivity contribution < 1.29 is 5.11 Å². The zero-order valence-corrected chi connectivity index (χ0v) is 12.2. The topological polar surface area (TPSA) is 36.4 Å². The molecule has 1 aromatic rings. The minimum Gasteiger partial charge on any atom is -0.396 e. The van der Waals surface area contributed by atoms with E-state index >= 15 is 0 Å². The summed E-state index contributed by atoms with van der Waals surface area (Å²) in [6.45, 7) is 7.81. The molecule has 98 valence electrons. The van der Waals surface area contributed by atoms with Crippen LogP contribution in [0.3, 0.4) is 0 Å². The molecule has 0 aromatic carbocycles. The zero-order valence-electron chi connectivity index (χ0n) is 11.4. The average molecular weight is 256 g/mol. The molecule has 1 aromatic heterocycles. The molecule has 0 aliphatic carbocycles. The Bertz CT molecular complexity index is 338. The van der Waals surface area contributed by atoms with Gasteiger partial charge in [-0.15, -0.1) is 11.3 Å². The molecule has 0 saturated heterocycles. The predicted molar refractivity (Wildman–Crippen MR) is 73.6 cm³/mol. The first-order chi connectivity index (χ1) is 8.10. The molecule has 1 unspecified atom stereocenters. The fraction of sp³-hybridized carbons (Fsp3) is 0.769. The average Bonchev–Trinajstić information content (AvgIpc) is 2.69. The summed E-state index contributed by atoms with van der Waals surface area (Å²) >= 11 is 1.83. The van der Waals surface area contributed by atoms with Crippen LogP contribution in [0.25, 0.3) is 0 Å². The van der Waals surface area contributed by atoms with Gasteiger partial charge in [-0.3, -0.25) is 4.90 Å². The number of hydrogen-bond donors (Lipinski definition) is 1. The van der Waals surface area contributed by atoms with Crippen molar-refractivity contribution in [3.8, 4) is 0 Å². The highest BCUT2D eigenvalue weighted by molar-refractivity contribution is 7.11. The third-order valence-electron chi connectivity index (χ3n) is 3.14. The molecule has 0 radical (unpaired) electrons. The minimum absolute atomic E-state index is 0.293. The Morgan fingerprint density at radius 1 is 1.41 bits per heavy atom. The van der Waals surface area contributed by atoms with Crippen molar-refractivity contribution in [3.63, 3.8) is 0 Å². The van der Waals surface area contributed by atoms with E-state index in [0.717, 1.165) is 25.8 Å². The van der Waals surface area contributed by atoms with Crippen molar-refractivity contribution in [1.82, 2.24) is 9.88 Å². The maximum absolute atomic E-state index is 8.79. The van der Waals surface area contributed by atoms with Gasteiger partial charge in [0.2, 0.25) is 0 Å². The second-order valence-electron chi connectivity index (χ2n) is 4.50. The molecule has 0 bridgehead atoms. The summed E-state index contributed by atoms with van der Waals surface area (Å²) in [5, 5.41) is 10.0. The molecule has 0 saturated carbocycles. The lowest BCUT2D eigenvalue weighted by Crippen LogP contribution is -2.23. The van der Waals surface area contributed by atoms with Gasteiger partial charge < -0.3 is 5.11 Å². The molecule has 1 rings (SSSR count). The third-order valence-corrected chi connectivity index (χ3v) is 4.61. The summed E-state index contributed by atoms with van der Waals surface area (Å²) in [4.78, 5) is 8.31. The predicted octanol–water partition coefficient (Wildman–Crippen LogP) is 2.78. The first-order valence-electron chi connectivity index (χ1n) is 6.37. The molecule has 1 N–H and O–H groups in total. The first-order valence-corrected chi connectivity index (χ1v) is 7.19. The van der Waals surface area contributed by atoms with Gasteiger partial charge in [0.25, 0.3) is 0 Å². The quantitative estimate of drug-likeness (QED) is 0.762. The van der Waals surface area contributed by atoms with E-state index in [9.17, 15) is 0 Å². The second-order valence-corrected chi connectivity index (χ2v) is 5.61. The van der Waals surface area contributed by atoms with Crippen molar-refractivity contribution in [2.45, 2.75) is 46.1 Å². The highest BCUT2D eigenvalue weighted by Gasteiger charge is 2.17. The van der Waals surface area contributed by atoms with Crippen molar-refractivity contribution in [3.05, 3.63) is 15.6 Å². The first kappa shape index (κ1) is 14.6. The number of rotatable bonds is 7. The maximum Gasteiger partial charge on any atom is 0.0928 e. The SMILES string of the molecule is CCc1nc(C)c(C(C)N(C)CCCCO)s1. The van der Waals surface area contributed by atoms with Crippen molar-refractivity contribution in [2.75, 3.05) is 20.2 Å². The number of nitrogens with zero attached hydrogens (tertiary/aromatic N) is 2. The zero-order chi connectivity index (χ0) is 12.8. The van der Waals surface area contributed by atoms with Crippen LogP contribution in [0.2, 0.25) is 0 Å². The number of unbranched alkanes of at least 4 members (excludes halogenated alkanes) is 1. The number of thiazole rings is 1. The Morgan fingerprint density at radius 3 is 2.65 bits per heavy atom. The van der Waals surface area contributed by atoms with Crippen LogP contribution >= 0.6 is 11.3 Å². The Morgan fingerprint density at radius 2 is 2.12 bits per heavy atom. The van der Waals surface area contributed by atoms with Gasteiger partial charge in [0.05, 0.1) is 10.7 Å². The molecule has 0 amide bonds. The van der Waals surface area contributed by atoms with Crippen LogP contribution < -0.4 is 0 Å². The molecule has 1 atom stereocenters. The standard InChI is InChI=1S/C13H24N2OS/c1-5-12-14-10(2)13(17-12)11(3)15(4)8-6-7-9-16/h11,16H,5-9H2,1-4H3. The van der Waals surface area contributed by atoms with Crippen molar-refractivity contribution in [1.29, 1.82) is 0 Å². The van der Waals surface area contributed by atoms with Gasteiger partial charge in [-0.2, -0.15) is 0 Å². The highest BCUT2D eigenvalue weighted by Crippen LogP contribution is 2.28. The monoisotopic (exact) mass is 256 g/mol. The smallest absolute Gasteiger partial charge is 0.0928 e. The van der Waals surface area contributed by atoms with E-state index in [1.165, 1.54) is 15.6 Å². The Hall–Kier alpha value is -0.450. The molecule has 0 aliphatic heterocycles. The number of hydrogen-bond acceptors (Lipinski definition) is 4. The Kier molecular flexibility index (Phi) is 6.09. The van der Waals surface area contributed by atoms with Crippen molar-refractivity contribution >= 4 is 11.3 Å². The Labute approximate surface area is 108 Å². The highest BCUT2D eigenvalue weighted by atomic mass is 32.1. The lowest BCUT2D eigenvalue weighted by atomic mass is 10.2. The second kappa shape index (κ2) is 7.09. The molecular formula is C13H24N2OS. The minimum atomic E-state index is 0.293. The number of aromatic nitrogens is 1. The van der Waals surface area contributed by atoms with E-state index in [1.807, 2.05) is 11.3 Å². The molecular weight excluding hydrogens is 232 g/mol. The number of aryl methyl sites for hydroxylation is 2. The van der Waals surface area contributed by atoms with Gasteiger partial charge in [-0.25, -0.2) is 4.98 Å². The molecule has 0 fully saturated rings. The van der Waals surface area contributed by atoms with Crippen LogP contribution in [0.4, 0.5) is 0 Å². The van der Waals surface area contributed by atoms with E-state index < -0.39 is 0 Å². The molecule has 3 nitrogen and oxygen atoms in total. The van der Waals surface area contributed by atoms with Gasteiger partial charge in [-0.05, 0) is 46.7 Å². The van der Waals surface area contributed by atoms with E-state index in [-0.39, 0.29) is 0 Å². The van der Waals surface area contributed by atoms with Crippen LogP contribution in [-0.2, 0) is 6.42 Å². The van der Waals surface area contributed by atoms with Gasteiger partial charge in [-0.1, -0.05) is 6.92 Å². The molecule has 4 heteroatoms. The van der Waals surface area contributed by atoms with E-state index in [2.05, 4.69) is 37.7 Å². The van der Waals surface area contributed by atoms with Crippen LogP contribution in [0, 0.1) is 6.92 Å². The van der Waals surface area contributed by atoms with Gasteiger partial charge in [0, 0.05) is 17.5 Å². The summed E-state index contributed by atoms with van der Waals surface area (Å²) < 4.78 is 0. The summed E-state index contributed by atoms with van der Waals surface area (Å²) in [7, 11) is 2.15. The normalized spacial score (nSPS) is 13.3. The summed E-state index contributed by atoms with van der Waals surface area (Å²) in [5.41, 5.74) is 1.17. The summed E-state index contributed by atoms with van der Waals surface area (Å²) in [5.74, 6) is 0. The van der Waals surface area contributed by atoms with Gasteiger partial charge in [0.1, 0.15) is 0 Å². The molecule has 17 heavy (non-hydrogen) atoms. The largest absolute Gasteiger partial charge is 0.396 e. The van der Waals surface area contributed by atoms with Crippen molar-refractivity contribution in [2.24, 2.45) is 0 Å². The summed E-state index contributed by atoms with van der Waals surface area (Å²) in [6, 6.07) is 0.423. The van der Waals surface area contributed by atoms with Gasteiger partial charge in [0.15, 0.2) is 0 Å². The lowest BCUT2D eigenvalue weighted by molar-refractivity contribution is 0.235. The summed E-state index contributed by atoms with van der Waals surface area (Å²) in [6.07, 6.45) is 2.96. The lowest BCUT2D eigenvalue weighted by Gasteiger charge is -2.23. The molecule has 0 spiro atoms. The number of aliphatic hydroxyl groups is 1. The fourth-order valence-corrected chi connectivity index (χ4v) is 3.00. The van der Waals surface area contributed by atoms with Gasteiger partial charge >= 0.3 is 0 Å².